The number of halogens is 1. The van der Waals surface area contributed by atoms with Crippen molar-refractivity contribution in [3.63, 3.8) is 0 Å². The molecule has 0 unspecified atom stereocenters. The molecule has 0 saturated heterocycles. The fourth-order valence-corrected chi connectivity index (χ4v) is 4.00. The molecule has 0 radical (unpaired) electrons. The minimum absolute atomic E-state index is 0.339. The number of aromatic nitrogens is 2. The average molecular weight is 473 g/mol. The van der Waals surface area contributed by atoms with Crippen LogP contribution in [0.4, 0.5) is 4.39 Å². The van der Waals surface area contributed by atoms with E-state index in [4.69, 9.17) is 19.2 Å². The molecule has 2 aromatic carbocycles. The Bertz CT molecular complexity index is 1370. The fourth-order valence-electron chi connectivity index (χ4n) is 4.00. The number of hydrogen-bond acceptors (Lipinski definition) is 6. The lowest BCUT2D eigenvalue weighted by Crippen LogP contribution is -2.12. The van der Waals surface area contributed by atoms with Gasteiger partial charge in [0, 0.05) is 29.6 Å². The van der Waals surface area contributed by atoms with E-state index in [9.17, 15) is 9.65 Å². The molecule has 0 bridgehead atoms. The fraction of sp³-hybridized carbons (Fsp3) is 0.185. The van der Waals surface area contributed by atoms with Crippen LogP contribution in [0.3, 0.4) is 0 Å². The summed E-state index contributed by atoms with van der Waals surface area (Å²) in [7, 11) is 6.47. The molecule has 0 atom stereocenters. The SMILES string of the molecule is CNCc1cccn1-c1nc(-c2ccc(F)cc2)cc(-c2cc(OC)c(OC)c(OC)c2)c1C#N. The summed E-state index contributed by atoms with van der Waals surface area (Å²) in [6.45, 7) is 0.583. The summed E-state index contributed by atoms with van der Waals surface area (Å²) in [5.74, 6) is 1.50. The molecule has 178 valence electrons. The summed E-state index contributed by atoms with van der Waals surface area (Å²) >= 11 is 0. The van der Waals surface area contributed by atoms with Gasteiger partial charge in [-0.25, -0.2) is 9.37 Å². The number of nitrogens with zero attached hydrogens (tertiary/aromatic N) is 3. The molecule has 7 nitrogen and oxygen atoms in total. The normalized spacial score (nSPS) is 10.6. The lowest BCUT2D eigenvalue weighted by atomic mass is 9.97. The lowest BCUT2D eigenvalue weighted by Gasteiger charge is -2.18. The monoisotopic (exact) mass is 472 g/mol. The van der Waals surface area contributed by atoms with E-state index in [0.717, 1.165) is 5.69 Å². The highest BCUT2D eigenvalue weighted by molar-refractivity contribution is 5.81. The largest absolute Gasteiger partial charge is 0.493 e. The van der Waals surface area contributed by atoms with E-state index in [2.05, 4.69) is 11.4 Å². The van der Waals surface area contributed by atoms with Crippen LogP contribution in [0.2, 0.25) is 0 Å². The first-order valence-electron chi connectivity index (χ1n) is 10.9. The first kappa shape index (κ1) is 23.8. The van der Waals surface area contributed by atoms with Crippen molar-refractivity contribution in [2.24, 2.45) is 0 Å². The van der Waals surface area contributed by atoms with Crippen LogP contribution in [0.15, 0.2) is 60.8 Å². The predicted molar refractivity (Wildman–Crippen MR) is 132 cm³/mol. The van der Waals surface area contributed by atoms with Gasteiger partial charge in [-0.2, -0.15) is 5.26 Å². The third-order valence-corrected chi connectivity index (χ3v) is 5.65. The zero-order valence-corrected chi connectivity index (χ0v) is 19.9. The molecule has 4 aromatic rings. The number of hydrogen-bond donors (Lipinski definition) is 1. The van der Waals surface area contributed by atoms with Gasteiger partial charge in [-0.1, -0.05) is 0 Å². The van der Waals surface area contributed by atoms with E-state index in [0.29, 0.717) is 57.6 Å². The second-order valence-corrected chi connectivity index (χ2v) is 7.69. The second-order valence-electron chi connectivity index (χ2n) is 7.69. The number of benzene rings is 2. The van der Waals surface area contributed by atoms with Crippen LogP contribution >= 0.6 is 0 Å². The molecule has 0 fully saturated rings. The molecule has 2 aromatic heterocycles. The van der Waals surface area contributed by atoms with Gasteiger partial charge in [0.2, 0.25) is 5.75 Å². The maximum Gasteiger partial charge on any atom is 0.203 e. The van der Waals surface area contributed by atoms with Gasteiger partial charge >= 0.3 is 0 Å². The second kappa shape index (κ2) is 10.3. The summed E-state index contributed by atoms with van der Waals surface area (Å²) in [5, 5.41) is 13.4. The minimum atomic E-state index is -0.339. The molecule has 8 heteroatoms. The van der Waals surface area contributed by atoms with Crippen LogP contribution in [0, 0.1) is 17.1 Å². The number of rotatable bonds is 8. The number of ether oxygens (including phenoxy) is 3. The van der Waals surface area contributed by atoms with Crippen molar-refractivity contribution in [3.8, 4) is 51.5 Å². The van der Waals surface area contributed by atoms with Crippen LogP contribution in [-0.2, 0) is 6.54 Å². The minimum Gasteiger partial charge on any atom is -0.493 e. The molecule has 0 amide bonds. The zero-order valence-electron chi connectivity index (χ0n) is 19.9. The maximum absolute atomic E-state index is 13.6. The van der Waals surface area contributed by atoms with Crippen molar-refractivity contribution in [2.45, 2.75) is 6.54 Å². The van der Waals surface area contributed by atoms with Crippen LogP contribution in [0.1, 0.15) is 11.3 Å². The summed E-state index contributed by atoms with van der Waals surface area (Å²) < 4.78 is 32.0. The summed E-state index contributed by atoms with van der Waals surface area (Å²) in [6.07, 6.45) is 1.86. The Labute approximate surface area is 203 Å². The first-order chi connectivity index (χ1) is 17.0. The Hall–Kier alpha value is -4.35. The lowest BCUT2D eigenvalue weighted by molar-refractivity contribution is 0.324. The molecular formula is C27H25FN4O3. The van der Waals surface area contributed by atoms with Crippen molar-refractivity contribution in [2.75, 3.05) is 28.4 Å². The Kier molecular flexibility index (Phi) is 6.99. The van der Waals surface area contributed by atoms with Crippen LogP contribution < -0.4 is 19.5 Å². The average Bonchev–Trinajstić information content (AvgIpc) is 3.35. The number of pyridine rings is 1. The van der Waals surface area contributed by atoms with E-state index in [-0.39, 0.29) is 5.82 Å². The molecule has 0 aliphatic heterocycles. The van der Waals surface area contributed by atoms with Crippen molar-refractivity contribution in [3.05, 3.63) is 77.9 Å². The zero-order chi connectivity index (χ0) is 24.9. The van der Waals surface area contributed by atoms with Gasteiger partial charge in [0.25, 0.3) is 0 Å². The van der Waals surface area contributed by atoms with E-state index >= 15 is 0 Å². The van der Waals surface area contributed by atoms with Gasteiger partial charge in [0.1, 0.15) is 17.4 Å². The van der Waals surface area contributed by atoms with Crippen molar-refractivity contribution in [1.82, 2.24) is 14.9 Å². The van der Waals surface area contributed by atoms with Crippen molar-refractivity contribution >= 4 is 0 Å². The van der Waals surface area contributed by atoms with Gasteiger partial charge in [0.05, 0.1) is 27.0 Å². The van der Waals surface area contributed by atoms with Gasteiger partial charge in [-0.05, 0) is 67.2 Å². The molecule has 35 heavy (non-hydrogen) atoms. The molecule has 0 spiro atoms. The van der Waals surface area contributed by atoms with Crippen LogP contribution in [-0.4, -0.2) is 37.9 Å². The summed E-state index contributed by atoms with van der Waals surface area (Å²) in [6, 6.07) is 17.7. The van der Waals surface area contributed by atoms with Crippen molar-refractivity contribution in [1.29, 1.82) is 5.26 Å². The summed E-state index contributed by atoms with van der Waals surface area (Å²) in [4.78, 5) is 4.84. The number of methoxy groups -OCH3 is 3. The van der Waals surface area contributed by atoms with Gasteiger partial charge in [0.15, 0.2) is 17.3 Å². The van der Waals surface area contributed by atoms with Gasteiger partial charge in [-0.3, -0.25) is 0 Å². The van der Waals surface area contributed by atoms with Gasteiger partial charge in [-0.15, -0.1) is 0 Å². The molecular weight excluding hydrogens is 447 g/mol. The molecule has 0 aliphatic rings. The van der Waals surface area contributed by atoms with Crippen molar-refractivity contribution < 1.29 is 18.6 Å². The smallest absolute Gasteiger partial charge is 0.203 e. The Balaban J connectivity index is 2.05. The highest BCUT2D eigenvalue weighted by atomic mass is 19.1. The molecule has 0 saturated carbocycles. The van der Waals surface area contributed by atoms with E-state index < -0.39 is 0 Å². The third-order valence-electron chi connectivity index (χ3n) is 5.65. The first-order valence-corrected chi connectivity index (χ1v) is 10.9. The molecule has 1 N–H and O–H groups in total. The highest BCUT2D eigenvalue weighted by Gasteiger charge is 2.21. The van der Waals surface area contributed by atoms with Crippen LogP contribution in [0.25, 0.3) is 28.2 Å². The quantitative estimate of drug-likeness (QED) is 0.390. The Morgan fingerprint density at radius 1 is 0.971 bits per heavy atom. The molecule has 4 rings (SSSR count). The maximum atomic E-state index is 13.6. The number of nitrogens with one attached hydrogen (secondary N) is 1. The van der Waals surface area contributed by atoms with E-state index in [1.807, 2.05) is 36.0 Å². The Morgan fingerprint density at radius 2 is 1.66 bits per heavy atom. The summed E-state index contributed by atoms with van der Waals surface area (Å²) in [5.41, 5.74) is 3.92. The number of nitriles is 1. The third kappa shape index (κ3) is 4.54. The predicted octanol–water partition coefficient (Wildman–Crippen LogP) is 4.96. The van der Waals surface area contributed by atoms with Gasteiger partial charge < -0.3 is 24.1 Å². The van der Waals surface area contributed by atoms with E-state index in [1.54, 1.807) is 24.3 Å². The van der Waals surface area contributed by atoms with E-state index in [1.165, 1.54) is 33.5 Å². The Morgan fingerprint density at radius 3 is 2.23 bits per heavy atom. The highest BCUT2D eigenvalue weighted by Crippen LogP contribution is 2.43. The molecule has 0 aliphatic carbocycles. The molecule has 2 heterocycles. The van der Waals surface area contributed by atoms with Crippen LogP contribution in [0.5, 0.6) is 17.2 Å². The topological polar surface area (TPSA) is 81.3 Å². The standard InChI is InChI=1S/C27H25FN4O3/c1-30-16-20-6-5-11-32(20)27-22(15-29)21(14-23(31-27)17-7-9-19(28)10-8-17)18-12-24(33-2)26(35-4)25(13-18)34-3/h5-14,30H,16H2,1-4H3.